The Morgan fingerprint density at radius 3 is 2.68 bits per heavy atom. The molecule has 2 rings (SSSR count). The normalized spacial score (nSPS) is 13.2. The molecule has 25 heavy (non-hydrogen) atoms. The molecule has 0 saturated carbocycles. The highest BCUT2D eigenvalue weighted by atomic mass is 127. The highest BCUT2D eigenvalue weighted by Gasteiger charge is 2.21. The Morgan fingerprint density at radius 1 is 1.36 bits per heavy atom. The van der Waals surface area contributed by atoms with Gasteiger partial charge in [-0.3, -0.25) is 4.99 Å². The molecule has 140 valence electrons. The summed E-state index contributed by atoms with van der Waals surface area (Å²) in [5.74, 6) is 2.55. The van der Waals surface area contributed by atoms with Gasteiger partial charge in [0.2, 0.25) is 5.89 Å². The van der Waals surface area contributed by atoms with E-state index >= 15 is 0 Å². The average Bonchev–Trinajstić information content (AvgIpc) is 3.18. The molecule has 0 spiro atoms. The number of halogens is 1. The van der Waals surface area contributed by atoms with Crippen molar-refractivity contribution in [3.63, 3.8) is 0 Å². The zero-order valence-corrected chi connectivity index (χ0v) is 18.6. The molecular formula is C17H28IN5OS. The van der Waals surface area contributed by atoms with Crippen LogP contribution in [0, 0.1) is 5.92 Å². The molecule has 1 atom stereocenters. The predicted molar refractivity (Wildman–Crippen MR) is 114 cm³/mol. The minimum atomic E-state index is -0.137. The lowest BCUT2D eigenvalue weighted by atomic mass is 9.97. The number of nitrogens with zero attached hydrogens (tertiary/aromatic N) is 3. The van der Waals surface area contributed by atoms with Crippen molar-refractivity contribution in [3.05, 3.63) is 34.1 Å². The van der Waals surface area contributed by atoms with E-state index in [1.54, 1.807) is 18.4 Å². The van der Waals surface area contributed by atoms with Gasteiger partial charge in [-0.15, -0.1) is 35.3 Å². The summed E-state index contributed by atoms with van der Waals surface area (Å²) >= 11 is 1.80. The van der Waals surface area contributed by atoms with Crippen molar-refractivity contribution >= 4 is 41.3 Å². The number of thiophene rings is 1. The van der Waals surface area contributed by atoms with Crippen molar-refractivity contribution < 1.29 is 4.52 Å². The first-order valence-corrected chi connectivity index (χ1v) is 9.06. The Balaban J connectivity index is 0.00000312. The summed E-state index contributed by atoms with van der Waals surface area (Å²) in [7, 11) is 1.76. The first-order chi connectivity index (χ1) is 11.4. The fourth-order valence-electron chi connectivity index (χ4n) is 2.13. The predicted octanol–water partition coefficient (Wildman–Crippen LogP) is 3.59. The summed E-state index contributed by atoms with van der Waals surface area (Å²) in [5.41, 5.74) is -0.137. The highest BCUT2D eigenvalue weighted by molar-refractivity contribution is 14.0. The van der Waals surface area contributed by atoms with E-state index < -0.39 is 0 Å². The summed E-state index contributed by atoms with van der Waals surface area (Å²) in [6.45, 7) is 9.72. The standard InChI is InChI=1S/C17H27N5OS.HI/c1-12(9-13-7-6-8-24-13)10-19-16(18-5)20-11-14-21-15(23-22-14)17(2,3)4;/h6-8,12H,9-11H2,1-5H3,(H2,18,19,20);1H. The molecule has 0 radical (unpaired) electrons. The second-order valence-electron chi connectivity index (χ2n) is 6.96. The monoisotopic (exact) mass is 477 g/mol. The van der Waals surface area contributed by atoms with Gasteiger partial charge in [0, 0.05) is 23.9 Å². The van der Waals surface area contributed by atoms with Gasteiger partial charge in [-0.05, 0) is 23.8 Å². The maximum atomic E-state index is 5.29. The third-order valence-electron chi connectivity index (χ3n) is 3.49. The zero-order chi connectivity index (χ0) is 17.6. The number of hydrogen-bond acceptors (Lipinski definition) is 5. The van der Waals surface area contributed by atoms with Gasteiger partial charge in [0.05, 0.1) is 6.54 Å². The van der Waals surface area contributed by atoms with Crippen LogP contribution in [0.15, 0.2) is 27.0 Å². The van der Waals surface area contributed by atoms with E-state index in [2.05, 4.69) is 50.2 Å². The number of aromatic nitrogens is 2. The molecule has 2 heterocycles. The van der Waals surface area contributed by atoms with Crippen LogP contribution < -0.4 is 10.6 Å². The molecule has 0 amide bonds. The Kier molecular flexibility index (Phi) is 8.84. The molecule has 0 aliphatic heterocycles. The lowest BCUT2D eigenvalue weighted by molar-refractivity contribution is 0.318. The van der Waals surface area contributed by atoms with Crippen LogP contribution in [0.25, 0.3) is 0 Å². The largest absolute Gasteiger partial charge is 0.356 e. The molecule has 8 heteroatoms. The average molecular weight is 477 g/mol. The van der Waals surface area contributed by atoms with Gasteiger partial charge in [-0.1, -0.05) is 38.9 Å². The molecule has 0 fully saturated rings. The summed E-state index contributed by atoms with van der Waals surface area (Å²) in [6.07, 6.45) is 1.07. The molecule has 2 N–H and O–H groups in total. The van der Waals surface area contributed by atoms with E-state index in [9.17, 15) is 0 Å². The second-order valence-corrected chi connectivity index (χ2v) is 7.99. The molecule has 6 nitrogen and oxygen atoms in total. The van der Waals surface area contributed by atoms with Crippen LogP contribution in [0.3, 0.4) is 0 Å². The number of nitrogens with one attached hydrogen (secondary N) is 2. The maximum Gasteiger partial charge on any atom is 0.232 e. The highest BCUT2D eigenvalue weighted by Crippen LogP contribution is 2.19. The van der Waals surface area contributed by atoms with Crippen LogP contribution in [0.5, 0.6) is 0 Å². The molecule has 0 bridgehead atoms. The van der Waals surface area contributed by atoms with Crippen LogP contribution in [-0.4, -0.2) is 29.7 Å². The van der Waals surface area contributed by atoms with E-state index in [0.29, 0.717) is 24.2 Å². The van der Waals surface area contributed by atoms with Crippen molar-refractivity contribution in [1.29, 1.82) is 0 Å². The molecule has 0 aliphatic rings. The van der Waals surface area contributed by atoms with Gasteiger partial charge in [0.1, 0.15) is 0 Å². The summed E-state index contributed by atoms with van der Waals surface area (Å²) in [4.78, 5) is 10.1. The Morgan fingerprint density at radius 2 is 2.12 bits per heavy atom. The molecule has 0 aromatic carbocycles. The molecule has 2 aromatic rings. The number of hydrogen-bond donors (Lipinski definition) is 2. The minimum Gasteiger partial charge on any atom is -0.356 e. The van der Waals surface area contributed by atoms with E-state index in [1.807, 2.05) is 20.8 Å². The van der Waals surface area contributed by atoms with E-state index in [1.165, 1.54) is 4.88 Å². The van der Waals surface area contributed by atoms with Crippen LogP contribution in [0.1, 0.15) is 44.3 Å². The fourth-order valence-corrected chi connectivity index (χ4v) is 3.00. The van der Waals surface area contributed by atoms with E-state index in [-0.39, 0.29) is 29.4 Å². The topological polar surface area (TPSA) is 75.3 Å². The van der Waals surface area contributed by atoms with Gasteiger partial charge >= 0.3 is 0 Å². The van der Waals surface area contributed by atoms with Crippen molar-refractivity contribution in [2.75, 3.05) is 13.6 Å². The van der Waals surface area contributed by atoms with Crippen molar-refractivity contribution in [2.45, 2.75) is 46.1 Å². The van der Waals surface area contributed by atoms with Crippen LogP contribution in [0.4, 0.5) is 0 Å². The first kappa shape index (κ1) is 21.9. The maximum absolute atomic E-state index is 5.29. The minimum absolute atomic E-state index is 0. The zero-order valence-electron chi connectivity index (χ0n) is 15.5. The summed E-state index contributed by atoms with van der Waals surface area (Å²) < 4.78 is 5.29. The van der Waals surface area contributed by atoms with Crippen molar-refractivity contribution in [1.82, 2.24) is 20.8 Å². The Labute approximate surface area is 170 Å². The van der Waals surface area contributed by atoms with E-state index in [4.69, 9.17) is 4.52 Å². The smallest absolute Gasteiger partial charge is 0.232 e. The fraction of sp³-hybridized carbons (Fsp3) is 0.588. The van der Waals surface area contributed by atoms with Gasteiger partial charge < -0.3 is 15.2 Å². The molecular weight excluding hydrogens is 449 g/mol. The van der Waals surface area contributed by atoms with Gasteiger partial charge in [-0.25, -0.2) is 0 Å². The first-order valence-electron chi connectivity index (χ1n) is 8.18. The van der Waals surface area contributed by atoms with Crippen LogP contribution in [-0.2, 0) is 18.4 Å². The number of aliphatic imine (C=N–C) groups is 1. The van der Waals surface area contributed by atoms with Crippen LogP contribution in [0.2, 0.25) is 0 Å². The third kappa shape index (κ3) is 7.31. The summed E-state index contributed by atoms with van der Waals surface area (Å²) in [5, 5.41) is 12.7. The number of rotatable bonds is 6. The third-order valence-corrected chi connectivity index (χ3v) is 4.39. The summed E-state index contributed by atoms with van der Waals surface area (Å²) in [6, 6.07) is 4.27. The Hall–Kier alpha value is -1.16. The molecule has 2 aromatic heterocycles. The second kappa shape index (κ2) is 10.1. The van der Waals surface area contributed by atoms with Gasteiger partial charge in [0.15, 0.2) is 11.8 Å². The molecule has 0 aliphatic carbocycles. The molecule has 1 unspecified atom stereocenters. The van der Waals surface area contributed by atoms with Gasteiger partial charge in [0.25, 0.3) is 0 Å². The van der Waals surface area contributed by atoms with Gasteiger partial charge in [-0.2, -0.15) is 4.98 Å². The lowest BCUT2D eigenvalue weighted by Gasteiger charge is -2.15. The SMILES string of the molecule is CN=C(NCc1noc(C(C)(C)C)n1)NCC(C)Cc1cccs1.I. The van der Waals surface area contributed by atoms with Crippen molar-refractivity contribution in [3.8, 4) is 0 Å². The lowest BCUT2D eigenvalue weighted by Crippen LogP contribution is -2.39. The van der Waals surface area contributed by atoms with Crippen LogP contribution >= 0.6 is 35.3 Å². The quantitative estimate of drug-likeness (QED) is 0.378. The number of guanidine groups is 1. The van der Waals surface area contributed by atoms with E-state index in [0.717, 1.165) is 18.9 Å². The van der Waals surface area contributed by atoms with Crippen molar-refractivity contribution in [2.24, 2.45) is 10.9 Å². The Bertz CT molecular complexity index is 648. The molecule has 0 saturated heterocycles.